The molecular formula is C26H28F6N4O2. The SMILES string of the molecule is N#CC1(NC(=O)[C@@H]2CC(C(F)(F)c3ccc(C4CCNCC4)cc3F)CN2C(=O)C2(C(F)(F)F)CC2)CC1. The monoisotopic (exact) mass is 542 g/mol. The van der Waals surface area contributed by atoms with E-state index in [9.17, 15) is 28.0 Å². The van der Waals surface area contributed by atoms with Crippen LogP contribution in [-0.2, 0) is 15.5 Å². The van der Waals surface area contributed by atoms with Crippen LogP contribution in [0.4, 0.5) is 26.3 Å². The minimum Gasteiger partial charge on any atom is -0.336 e. The van der Waals surface area contributed by atoms with Gasteiger partial charge in [0.05, 0.1) is 11.6 Å². The molecule has 0 radical (unpaired) electrons. The second-order valence-corrected chi connectivity index (χ2v) is 11.1. The molecule has 38 heavy (non-hydrogen) atoms. The van der Waals surface area contributed by atoms with Gasteiger partial charge in [-0.25, -0.2) is 13.2 Å². The molecule has 1 unspecified atom stereocenters. The Kier molecular flexibility index (Phi) is 6.44. The van der Waals surface area contributed by atoms with Crippen LogP contribution in [0.15, 0.2) is 18.2 Å². The van der Waals surface area contributed by atoms with Crippen LogP contribution in [0.2, 0.25) is 0 Å². The minimum absolute atomic E-state index is 0.0214. The standard InChI is InChI=1S/C26H28F6N4O2/c27-19-11-16(15-3-9-34-10-4-15)1-2-18(19)25(28,29)17-12-20(21(37)35-23(14-33)5-6-23)36(13-17)22(38)24(7-8-24)26(30,31)32/h1-2,11,15,17,20,34H,3-10,12-13H2,(H,35,37)/t17?,20-/m0/s1. The summed E-state index contributed by atoms with van der Waals surface area (Å²) in [5, 5.41) is 14.9. The smallest absolute Gasteiger partial charge is 0.336 e. The highest BCUT2D eigenvalue weighted by atomic mass is 19.4. The van der Waals surface area contributed by atoms with Gasteiger partial charge >= 0.3 is 6.18 Å². The van der Waals surface area contributed by atoms with Crippen molar-refractivity contribution in [3.05, 3.63) is 35.1 Å². The number of likely N-dealkylation sites (tertiary alicyclic amines) is 1. The van der Waals surface area contributed by atoms with Gasteiger partial charge in [0.25, 0.3) is 5.92 Å². The van der Waals surface area contributed by atoms with Crippen LogP contribution in [0.25, 0.3) is 0 Å². The highest BCUT2D eigenvalue weighted by Gasteiger charge is 2.71. The number of benzene rings is 1. The summed E-state index contributed by atoms with van der Waals surface area (Å²) in [6, 6.07) is 3.80. The van der Waals surface area contributed by atoms with Crippen molar-refractivity contribution in [1.29, 1.82) is 5.26 Å². The maximum Gasteiger partial charge on any atom is 0.403 e. The van der Waals surface area contributed by atoms with Crippen LogP contribution in [-0.4, -0.2) is 54.1 Å². The van der Waals surface area contributed by atoms with Gasteiger partial charge in [-0.2, -0.15) is 18.4 Å². The molecule has 5 rings (SSSR count). The predicted molar refractivity (Wildman–Crippen MR) is 122 cm³/mol. The molecule has 1 aromatic rings. The summed E-state index contributed by atoms with van der Waals surface area (Å²) in [4.78, 5) is 26.7. The van der Waals surface area contributed by atoms with E-state index < -0.39 is 84.0 Å². The highest BCUT2D eigenvalue weighted by Crippen LogP contribution is 2.59. The Labute approximate surface area is 215 Å². The van der Waals surface area contributed by atoms with Crippen LogP contribution in [0.3, 0.4) is 0 Å². The molecule has 4 fully saturated rings. The second kappa shape index (κ2) is 9.14. The molecule has 2 amide bonds. The quantitative estimate of drug-likeness (QED) is 0.530. The molecule has 206 valence electrons. The van der Waals surface area contributed by atoms with Gasteiger partial charge in [-0.3, -0.25) is 9.59 Å². The number of nitriles is 1. The number of hydrogen-bond donors (Lipinski definition) is 2. The largest absolute Gasteiger partial charge is 0.403 e. The van der Waals surface area contributed by atoms with Crippen molar-refractivity contribution in [2.24, 2.45) is 11.3 Å². The molecule has 1 aromatic carbocycles. The maximum absolute atomic E-state index is 15.7. The number of piperidine rings is 1. The summed E-state index contributed by atoms with van der Waals surface area (Å²) >= 11 is 0. The fourth-order valence-electron chi connectivity index (χ4n) is 5.73. The van der Waals surface area contributed by atoms with Gasteiger partial charge in [-0.05, 0) is 81.6 Å². The third kappa shape index (κ3) is 4.52. The number of carbonyl (C=O) groups excluding carboxylic acids is 2. The zero-order valence-electron chi connectivity index (χ0n) is 20.5. The van der Waals surface area contributed by atoms with Gasteiger partial charge in [-0.15, -0.1) is 0 Å². The molecule has 12 heteroatoms. The first-order chi connectivity index (χ1) is 17.8. The zero-order chi connectivity index (χ0) is 27.5. The molecule has 2 heterocycles. The molecule has 2 saturated carbocycles. The summed E-state index contributed by atoms with van der Waals surface area (Å²) in [6.45, 7) is 0.620. The van der Waals surface area contributed by atoms with E-state index in [2.05, 4.69) is 10.6 Å². The Morgan fingerprint density at radius 3 is 2.26 bits per heavy atom. The fourth-order valence-corrected chi connectivity index (χ4v) is 5.73. The first-order valence-electron chi connectivity index (χ1n) is 12.8. The number of nitrogens with one attached hydrogen (secondary N) is 2. The third-order valence-electron chi connectivity index (χ3n) is 8.57. The van der Waals surface area contributed by atoms with E-state index in [0.717, 1.165) is 38.1 Å². The summed E-state index contributed by atoms with van der Waals surface area (Å²) in [6.07, 6.45) is -4.44. The lowest BCUT2D eigenvalue weighted by Crippen LogP contribution is -2.53. The summed E-state index contributed by atoms with van der Waals surface area (Å²) in [5.74, 6) is -9.13. The van der Waals surface area contributed by atoms with Crippen molar-refractivity contribution < 1.29 is 35.9 Å². The van der Waals surface area contributed by atoms with E-state index in [1.807, 2.05) is 6.07 Å². The van der Waals surface area contributed by atoms with Gasteiger partial charge < -0.3 is 15.5 Å². The van der Waals surface area contributed by atoms with Gasteiger partial charge in [0.1, 0.15) is 22.8 Å². The van der Waals surface area contributed by atoms with Crippen LogP contribution >= 0.6 is 0 Å². The average Bonchev–Trinajstić information content (AvgIpc) is 3.80. The first kappa shape index (κ1) is 26.8. The molecule has 4 aliphatic rings. The summed E-state index contributed by atoms with van der Waals surface area (Å²) in [5.41, 5.74) is -4.23. The average molecular weight is 543 g/mol. The maximum atomic E-state index is 15.7. The molecular weight excluding hydrogens is 514 g/mol. The van der Waals surface area contributed by atoms with Gasteiger partial charge in [0.15, 0.2) is 0 Å². The zero-order valence-corrected chi connectivity index (χ0v) is 20.5. The van der Waals surface area contributed by atoms with E-state index >= 15 is 13.2 Å². The molecule has 0 spiro atoms. The second-order valence-electron chi connectivity index (χ2n) is 11.1. The van der Waals surface area contributed by atoms with Crippen molar-refractivity contribution in [1.82, 2.24) is 15.5 Å². The van der Waals surface area contributed by atoms with Crippen molar-refractivity contribution in [3.63, 3.8) is 0 Å². The van der Waals surface area contributed by atoms with E-state index in [0.29, 0.717) is 23.3 Å². The topological polar surface area (TPSA) is 85.2 Å². The van der Waals surface area contributed by atoms with Crippen LogP contribution in [0.1, 0.15) is 62.0 Å². The summed E-state index contributed by atoms with van der Waals surface area (Å²) in [7, 11) is 0. The predicted octanol–water partition coefficient (Wildman–Crippen LogP) is 4.12. The number of alkyl halides is 5. The normalized spacial score (nSPS) is 26.5. The molecule has 0 aromatic heterocycles. The molecule has 2 saturated heterocycles. The Hall–Kier alpha value is -2.81. The lowest BCUT2D eigenvalue weighted by molar-refractivity contribution is -0.199. The van der Waals surface area contributed by atoms with Gasteiger partial charge in [0, 0.05) is 12.5 Å². The van der Waals surface area contributed by atoms with Gasteiger partial charge in [-0.1, -0.05) is 6.07 Å². The van der Waals surface area contributed by atoms with E-state index in [4.69, 9.17) is 0 Å². The lowest BCUT2D eigenvalue weighted by Gasteiger charge is -2.30. The van der Waals surface area contributed by atoms with E-state index in [1.54, 1.807) is 0 Å². The van der Waals surface area contributed by atoms with Crippen molar-refractivity contribution in [2.75, 3.05) is 19.6 Å². The van der Waals surface area contributed by atoms with E-state index in [-0.39, 0.29) is 5.92 Å². The van der Waals surface area contributed by atoms with Gasteiger partial charge in [0.2, 0.25) is 11.8 Å². The fraction of sp³-hybridized carbons (Fsp3) is 0.654. The van der Waals surface area contributed by atoms with Crippen molar-refractivity contribution in [3.8, 4) is 6.07 Å². The Morgan fingerprint density at radius 2 is 1.74 bits per heavy atom. The number of carbonyl (C=O) groups is 2. The van der Waals surface area contributed by atoms with E-state index in [1.165, 1.54) is 6.07 Å². The highest BCUT2D eigenvalue weighted by molar-refractivity contribution is 5.93. The number of rotatable bonds is 6. The number of amides is 2. The Bertz CT molecular complexity index is 1170. The lowest BCUT2D eigenvalue weighted by atomic mass is 9.87. The van der Waals surface area contributed by atoms with Crippen LogP contribution in [0.5, 0.6) is 0 Å². The number of nitrogens with zero attached hydrogens (tertiary/aromatic N) is 2. The third-order valence-corrected chi connectivity index (χ3v) is 8.57. The van der Waals surface area contributed by atoms with Crippen LogP contribution < -0.4 is 10.6 Å². The summed E-state index contributed by atoms with van der Waals surface area (Å²) < 4.78 is 87.7. The Morgan fingerprint density at radius 1 is 1.08 bits per heavy atom. The first-order valence-corrected chi connectivity index (χ1v) is 12.8. The molecule has 2 aliphatic heterocycles. The molecule has 2 N–H and O–H groups in total. The van der Waals surface area contributed by atoms with Crippen molar-refractivity contribution >= 4 is 11.8 Å². The molecule has 2 aliphatic carbocycles. The minimum atomic E-state index is -4.90. The number of halogens is 6. The van der Waals surface area contributed by atoms with Crippen molar-refractivity contribution in [2.45, 2.75) is 74.5 Å². The molecule has 6 nitrogen and oxygen atoms in total. The molecule has 2 atom stereocenters. The number of hydrogen-bond acceptors (Lipinski definition) is 4. The Balaban J connectivity index is 1.42. The van der Waals surface area contributed by atoms with Crippen LogP contribution in [0, 0.1) is 28.5 Å². The molecule has 0 bridgehead atoms.